The highest BCUT2D eigenvalue weighted by atomic mass is 15.1. The lowest BCUT2D eigenvalue weighted by Gasteiger charge is -2.33. The first-order valence-electron chi connectivity index (χ1n) is 25.0. The maximum atomic E-state index is 2.55. The van der Waals surface area contributed by atoms with Gasteiger partial charge in [0.25, 0.3) is 0 Å². The number of anilines is 3. The zero-order valence-electron chi connectivity index (χ0n) is 38.6. The molecule has 0 radical (unpaired) electrons. The topological polar surface area (TPSA) is 3.24 Å². The smallest absolute Gasteiger partial charge is 0.0726 e. The predicted molar refractivity (Wildman–Crippen MR) is 287 cm³/mol. The van der Waals surface area contributed by atoms with E-state index in [0.717, 1.165) is 23.2 Å². The van der Waals surface area contributed by atoms with Crippen LogP contribution < -0.4 is 4.90 Å². The summed E-state index contributed by atoms with van der Waals surface area (Å²) in [5, 5.41) is 0. The van der Waals surface area contributed by atoms with Crippen LogP contribution >= 0.6 is 0 Å². The van der Waals surface area contributed by atoms with E-state index in [1.165, 1.54) is 126 Å². The molecule has 4 aliphatic carbocycles. The molecule has 14 rings (SSSR count). The Labute approximate surface area is 406 Å². The van der Waals surface area contributed by atoms with E-state index in [1.54, 1.807) is 0 Å². The standard InChI is InChI=1S/C68H51N/c1-3-17-46(18-4-1)49-35-39-59-57-25-11-14-28-63(57)68(65(59)43-49)64-29-15-12-26-58(64)60-40-38-52(44-66(60)68)69(51-36-33-48(34-37-51)62-42-45-31-32-50(62)41-45)67-30-16-13-27-61(67)56-24-10-9-23-55(56)54-22-8-7-21-53(54)47-19-5-2-6-20-47/h1-30,33-40,43-45,50,62H,31-32,41-42H2. The van der Waals surface area contributed by atoms with Gasteiger partial charge in [0.1, 0.15) is 0 Å². The molecule has 328 valence electrons. The summed E-state index contributed by atoms with van der Waals surface area (Å²) >= 11 is 0. The van der Waals surface area contributed by atoms with Gasteiger partial charge in [0.2, 0.25) is 0 Å². The van der Waals surface area contributed by atoms with Crippen molar-refractivity contribution in [2.24, 2.45) is 11.8 Å². The molecule has 0 saturated heterocycles. The van der Waals surface area contributed by atoms with Crippen LogP contribution in [-0.2, 0) is 5.41 Å². The second-order valence-corrected chi connectivity index (χ2v) is 19.9. The average molecular weight is 882 g/mol. The predicted octanol–water partition coefficient (Wildman–Crippen LogP) is 18.1. The van der Waals surface area contributed by atoms with Crippen molar-refractivity contribution < 1.29 is 0 Å². The first-order valence-corrected chi connectivity index (χ1v) is 25.0. The Morgan fingerprint density at radius 1 is 0.319 bits per heavy atom. The van der Waals surface area contributed by atoms with Crippen molar-refractivity contribution in [3.05, 3.63) is 270 Å². The second-order valence-electron chi connectivity index (χ2n) is 19.9. The second kappa shape index (κ2) is 16.1. The van der Waals surface area contributed by atoms with E-state index in [4.69, 9.17) is 0 Å². The van der Waals surface area contributed by atoms with Crippen molar-refractivity contribution in [1.29, 1.82) is 0 Å². The van der Waals surface area contributed by atoms with E-state index in [2.05, 4.69) is 248 Å². The van der Waals surface area contributed by atoms with E-state index in [-0.39, 0.29) is 0 Å². The summed E-state index contributed by atoms with van der Waals surface area (Å²) in [4.78, 5) is 2.55. The number of hydrogen-bond acceptors (Lipinski definition) is 1. The minimum Gasteiger partial charge on any atom is -0.310 e. The van der Waals surface area contributed by atoms with Crippen LogP contribution in [0.4, 0.5) is 17.1 Å². The van der Waals surface area contributed by atoms with Crippen molar-refractivity contribution in [2.75, 3.05) is 4.90 Å². The van der Waals surface area contributed by atoms with Gasteiger partial charge < -0.3 is 4.90 Å². The largest absolute Gasteiger partial charge is 0.310 e. The normalized spacial score (nSPS) is 19.0. The number of fused-ring (bicyclic) bond motifs is 12. The molecule has 2 bridgehead atoms. The van der Waals surface area contributed by atoms with Crippen LogP contribution in [0.1, 0.15) is 59.4 Å². The lowest BCUT2D eigenvalue weighted by Crippen LogP contribution is -2.26. The molecular weight excluding hydrogens is 831 g/mol. The fourth-order valence-electron chi connectivity index (χ4n) is 13.5. The fourth-order valence-corrected chi connectivity index (χ4v) is 13.5. The quantitative estimate of drug-likeness (QED) is 0.147. The molecule has 2 fully saturated rings. The van der Waals surface area contributed by atoms with Crippen LogP contribution in [0.5, 0.6) is 0 Å². The number of nitrogens with zero attached hydrogens (tertiary/aromatic N) is 1. The van der Waals surface area contributed by atoms with Gasteiger partial charge in [-0.3, -0.25) is 0 Å². The summed E-state index contributed by atoms with van der Waals surface area (Å²) in [7, 11) is 0. The first-order chi connectivity index (χ1) is 34.2. The molecule has 1 spiro atoms. The SMILES string of the molecule is c1ccc(-c2ccc3c(c2)C2(c4ccccc4-3)c3ccccc3-c3ccc(N(c4ccc(C5CC6CCC5C6)cc4)c4ccccc4-c4ccccc4-c4ccccc4-c4ccccc4)cc32)cc1. The molecule has 0 amide bonds. The van der Waals surface area contributed by atoms with Gasteiger partial charge >= 0.3 is 0 Å². The summed E-state index contributed by atoms with van der Waals surface area (Å²) in [5.74, 6) is 2.38. The Balaban J connectivity index is 0.995. The Morgan fingerprint density at radius 3 is 1.45 bits per heavy atom. The van der Waals surface area contributed by atoms with Gasteiger partial charge in [-0.05, 0) is 162 Å². The number of rotatable bonds is 8. The van der Waals surface area contributed by atoms with Crippen LogP contribution in [0.3, 0.4) is 0 Å². The van der Waals surface area contributed by atoms with Gasteiger partial charge in [0, 0.05) is 16.9 Å². The highest BCUT2D eigenvalue weighted by Gasteiger charge is 2.52. The summed E-state index contributed by atoms with van der Waals surface area (Å²) in [6, 6.07) is 91.3. The minimum absolute atomic E-state index is 0.511. The zero-order chi connectivity index (χ0) is 45.5. The summed E-state index contributed by atoms with van der Waals surface area (Å²) in [6.45, 7) is 0. The van der Waals surface area contributed by atoms with E-state index in [0.29, 0.717) is 5.92 Å². The number of benzene rings is 10. The molecule has 4 atom stereocenters. The van der Waals surface area contributed by atoms with Crippen molar-refractivity contribution in [2.45, 2.75) is 37.0 Å². The van der Waals surface area contributed by atoms with E-state index >= 15 is 0 Å². The molecular formula is C68H51N. The van der Waals surface area contributed by atoms with Crippen LogP contribution in [0.15, 0.2) is 243 Å². The van der Waals surface area contributed by atoms with E-state index in [1.807, 2.05) is 0 Å². The monoisotopic (exact) mass is 881 g/mol. The Hall–Kier alpha value is -8.00. The highest BCUT2D eigenvalue weighted by Crippen LogP contribution is 2.64. The van der Waals surface area contributed by atoms with Crippen molar-refractivity contribution in [1.82, 2.24) is 0 Å². The third-order valence-electron chi connectivity index (χ3n) is 16.4. The molecule has 1 nitrogen and oxygen atoms in total. The fraction of sp³-hybridized carbons (Fsp3) is 0.118. The van der Waals surface area contributed by atoms with E-state index in [9.17, 15) is 0 Å². The molecule has 10 aromatic carbocycles. The van der Waals surface area contributed by atoms with Crippen LogP contribution in [0.25, 0.3) is 66.8 Å². The van der Waals surface area contributed by atoms with Gasteiger partial charge in [-0.15, -0.1) is 0 Å². The molecule has 0 aliphatic heterocycles. The lowest BCUT2D eigenvalue weighted by atomic mass is 9.70. The minimum atomic E-state index is -0.511. The molecule has 0 N–H and O–H groups in total. The lowest BCUT2D eigenvalue weighted by molar-refractivity contribution is 0.420. The molecule has 0 aromatic heterocycles. The van der Waals surface area contributed by atoms with E-state index < -0.39 is 5.41 Å². The summed E-state index contributed by atoms with van der Waals surface area (Å²) < 4.78 is 0. The molecule has 0 heterocycles. The highest BCUT2D eigenvalue weighted by molar-refractivity contribution is 6.00. The van der Waals surface area contributed by atoms with Gasteiger partial charge in [-0.1, -0.05) is 213 Å². The number of hydrogen-bond donors (Lipinski definition) is 0. The van der Waals surface area contributed by atoms with Gasteiger partial charge in [0.05, 0.1) is 11.1 Å². The number of para-hydroxylation sites is 1. The Morgan fingerprint density at radius 2 is 0.812 bits per heavy atom. The summed E-state index contributed by atoms with van der Waals surface area (Å²) in [5.41, 5.74) is 24.8. The molecule has 4 unspecified atom stereocenters. The average Bonchev–Trinajstić information content (AvgIpc) is 4.21. The molecule has 4 aliphatic rings. The molecule has 1 heteroatoms. The molecule has 2 saturated carbocycles. The first kappa shape index (κ1) is 40.1. The Kier molecular flexibility index (Phi) is 9.34. The Bertz CT molecular complexity index is 3570. The summed E-state index contributed by atoms with van der Waals surface area (Å²) in [6.07, 6.45) is 5.52. The van der Waals surface area contributed by atoms with Crippen molar-refractivity contribution in [3.63, 3.8) is 0 Å². The van der Waals surface area contributed by atoms with Crippen LogP contribution in [-0.4, -0.2) is 0 Å². The van der Waals surface area contributed by atoms with Crippen molar-refractivity contribution >= 4 is 17.1 Å². The molecule has 10 aromatic rings. The molecule has 69 heavy (non-hydrogen) atoms. The zero-order valence-corrected chi connectivity index (χ0v) is 38.6. The van der Waals surface area contributed by atoms with Gasteiger partial charge in [-0.25, -0.2) is 0 Å². The maximum absolute atomic E-state index is 2.55. The maximum Gasteiger partial charge on any atom is 0.0726 e. The van der Waals surface area contributed by atoms with Gasteiger partial charge in [0.15, 0.2) is 0 Å². The van der Waals surface area contributed by atoms with Crippen LogP contribution in [0, 0.1) is 11.8 Å². The third-order valence-corrected chi connectivity index (χ3v) is 16.4. The third kappa shape index (κ3) is 6.23. The van der Waals surface area contributed by atoms with Crippen LogP contribution in [0.2, 0.25) is 0 Å². The van der Waals surface area contributed by atoms with Gasteiger partial charge in [-0.2, -0.15) is 0 Å². The van der Waals surface area contributed by atoms with Crippen molar-refractivity contribution in [3.8, 4) is 66.8 Å².